The third-order valence-corrected chi connectivity index (χ3v) is 2.17. The first-order valence-corrected chi connectivity index (χ1v) is 4.45. The number of alkyl halides is 3. The van der Waals surface area contributed by atoms with Crippen LogP contribution in [0.15, 0.2) is 18.2 Å². The van der Waals surface area contributed by atoms with Gasteiger partial charge in [-0.2, -0.15) is 18.7 Å². The minimum Gasteiger partial charge on any atom is -0.305 e. The highest BCUT2D eigenvalue weighted by atomic mass is 35.5. The average molecular weight is 240 g/mol. The summed E-state index contributed by atoms with van der Waals surface area (Å²) in [5.74, 6) is 0. The molecule has 0 aliphatic rings. The highest BCUT2D eigenvalue weighted by Crippen LogP contribution is 2.34. The minimum atomic E-state index is -4.41. The van der Waals surface area contributed by atoms with Crippen LogP contribution in [-0.2, 0) is 17.6 Å². The van der Waals surface area contributed by atoms with E-state index in [9.17, 15) is 13.2 Å². The van der Waals surface area contributed by atoms with Crippen molar-refractivity contribution in [2.24, 2.45) is 0 Å². The van der Waals surface area contributed by atoms with Crippen LogP contribution in [0.25, 0.3) is 0 Å². The Morgan fingerprint density at radius 3 is 2.60 bits per heavy atom. The predicted octanol–water partition coefficient (Wildman–Crippen LogP) is 3.01. The molecule has 0 aliphatic carbocycles. The van der Waals surface area contributed by atoms with Gasteiger partial charge in [-0.3, -0.25) is 0 Å². The molecule has 15 heavy (non-hydrogen) atoms. The van der Waals surface area contributed by atoms with E-state index in [1.807, 2.05) is 0 Å². The third kappa shape index (κ3) is 3.09. The lowest BCUT2D eigenvalue weighted by Gasteiger charge is -2.14. The van der Waals surface area contributed by atoms with Crippen LogP contribution in [0.3, 0.4) is 0 Å². The molecule has 0 saturated carbocycles. The van der Waals surface area contributed by atoms with Gasteiger partial charge in [0.25, 0.3) is 0 Å². The summed E-state index contributed by atoms with van der Waals surface area (Å²) in [6.45, 7) is -0.0922. The second-order valence-electron chi connectivity index (χ2n) is 2.79. The zero-order chi connectivity index (χ0) is 11.5. The normalized spacial score (nSPS) is 11.8. The van der Waals surface area contributed by atoms with Crippen molar-refractivity contribution in [1.82, 2.24) is 5.48 Å². The number of nitrogens with one attached hydrogen (secondary N) is 1. The van der Waals surface area contributed by atoms with Gasteiger partial charge in [0.2, 0.25) is 0 Å². The number of rotatable bonds is 3. The Labute approximate surface area is 89.9 Å². The summed E-state index contributed by atoms with van der Waals surface area (Å²) in [5, 5.41) is 0.0642. The van der Waals surface area contributed by atoms with Crippen molar-refractivity contribution < 1.29 is 18.0 Å². The van der Waals surface area contributed by atoms with Crippen LogP contribution >= 0.6 is 11.6 Å². The van der Waals surface area contributed by atoms with Crippen molar-refractivity contribution in [1.29, 1.82) is 0 Å². The molecule has 2 nitrogen and oxygen atoms in total. The van der Waals surface area contributed by atoms with E-state index in [4.69, 9.17) is 11.6 Å². The summed E-state index contributed by atoms with van der Waals surface area (Å²) >= 11 is 5.68. The number of benzene rings is 1. The van der Waals surface area contributed by atoms with Gasteiger partial charge in [0, 0.05) is 11.6 Å². The summed E-state index contributed by atoms with van der Waals surface area (Å²) in [7, 11) is 1.32. The molecule has 1 aromatic rings. The van der Waals surface area contributed by atoms with Gasteiger partial charge in [0.05, 0.1) is 12.7 Å². The van der Waals surface area contributed by atoms with Crippen molar-refractivity contribution in [3.8, 4) is 0 Å². The van der Waals surface area contributed by atoms with Crippen LogP contribution in [0, 0.1) is 0 Å². The average Bonchev–Trinajstić information content (AvgIpc) is 2.14. The van der Waals surface area contributed by atoms with Gasteiger partial charge in [-0.05, 0) is 17.7 Å². The first-order chi connectivity index (χ1) is 6.96. The summed E-state index contributed by atoms with van der Waals surface area (Å²) < 4.78 is 37.6. The number of hydroxylamine groups is 1. The Morgan fingerprint density at radius 1 is 1.40 bits per heavy atom. The molecule has 1 rings (SSSR count). The van der Waals surface area contributed by atoms with Crippen molar-refractivity contribution in [3.63, 3.8) is 0 Å². The quantitative estimate of drug-likeness (QED) is 0.819. The highest BCUT2D eigenvalue weighted by molar-refractivity contribution is 6.31. The van der Waals surface area contributed by atoms with Gasteiger partial charge < -0.3 is 4.84 Å². The summed E-state index contributed by atoms with van der Waals surface area (Å²) in [4.78, 5) is 4.49. The van der Waals surface area contributed by atoms with Gasteiger partial charge in [-0.25, -0.2) is 0 Å². The van der Waals surface area contributed by atoms with E-state index in [0.717, 1.165) is 6.07 Å². The summed E-state index contributed by atoms with van der Waals surface area (Å²) in [6, 6.07) is 3.66. The predicted molar refractivity (Wildman–Crippen MR) is 50.3 cm³/mol. The second-order valence-corrected chi connectivity index (χ2v) is 3.20. The maximum Gasteiger partial charge on any atom is 0.416 e. The first kappa shape index (κ1) is 12.3. The molecule has 0 aliphatic heterocycles. The van der Waals surface area contributed by atoms with Crippen LogP contribution in [0.5, 0.6) is 0 Å². The van der Waals surface area contributed by atoms with E-state index in [2.05, 4.69) is 10.3 Å². The van der Waals surface area contributed by atoms with Crippen LogP contribution in [-0.4, -0.2) is 7.11 Å². The van der Waals surface area contributed by atoms with Gasteiger partial charge in [-0.15, -0.1) is 0 Å². The van der Waals surface area contributed by atoms with E-state index in [1.54, 1.807) is 0 Å². The number of hydrogen-bond acceptors (Lipinski definition) is 2. The Bertz CT molecular complexity index is 341. The largest absolute Gasteiger partial charge is 0.416 e. The van der Waals surface area contributed by atoms with Crippen LogP contribution < -0.4 is 5.48 Å². The Balaban J connectivity index is 3.09. The summed E-state index contributed by atoms with van der Waals surface area (Å²) in [6.07, 6.45) is -4.41. The molecule has 0 aromatic heterocycles. The molecule has 0 spiro atoms. The fraction of sp³-hybridized carbons (Fsp3) is 0.333. The molecule has 0 unspecified atom stereocenters. The van der Waals surface area contributed by atoms with E-state index >= 15 is 0 Å². The van der Waals surface area contributed by atoms with Crippen molar-refractivity contribution in [2.45, 2.75) is 12.7 Å². The zero-order valence-electron chi connectivity index (χ0n) is 7.86. The molecule has 0 heterocycles. The Hall–Kier alpha value is -0.780. The lowest BCUT2D eigenvalue weighted by molar-refractivity contribution is -0.138. The number of halogens is 4. The maximum atomic E-state index is 12.5. The van der Waals surface area contributed by atoms with Crippen molar-refractivity contribution in [3.05, 3.63) is 34.3 Å². The van der Waals surface area contributed by atoms with Gasteiger partial charge >= 0.3 is 6.18 Å². The van der Waals surface area contributed by atoms with Crippen molar-refractivity contribution >= 4 is 11.6 Å². The topological polar surface area (TPSA) is 21.3 Å². The summed E-state index contributed by atoms with van der Waals surface area (Å²) in [5.41, 5.74) is 1.56. The fourth-order valence-electron chi connectivity index (χ4n) is 1.15. The van der Waals surface area contributed by atoms with E-state index in [0.29, 0.717) is 0 Å². The fourth-order valence-corrected chi connectivity index (χ4v) is 1.39. The van der Waals surface area contributed by atoms with Crippen LogP contribution in [0.2, 0.25) is 5.02 Å². The van der Waals surface area contributed by atoms with E-state index in [1.165, 1.54) is 19.2 Å². The Morgan fingerprint density at radius 2 is 2.07 bits per heavy atom. The molecular weight excluding hydrogens is 231 g/mol. The smallest absolute Gasteiger partial charge is 0.305 e. The monoisotopic (exact) mass is 239 g/mol. The molecule has 0 saturated heterocycles. The van der Waals surface area contributed by atoms with Crippen molar-refractivity contribution in [2.75, 3.05) is 7.11 Å². The molecule has 84 valence electrons. The molecule has 6 heteroatoms. The molecule has 1 aromatic carbocycles. The highest BCUT2D eigenvalue weighted by Gasteiger charge is 2.33. The zero-order valence-corrected chi connectivity index (χ0v) is 8.62. The lowest BCUT2D eigenvalue weighted by atomic mass is 10.1. The van der Waals surface area contributed by atoms with Gasteiger partial charge in [0.15, 0.2) is 0 Å². The molecule has 1 N–H and O–H groups in total. The van der Waals surface area contributed by atoms with E-state index < -0.39 is 11.7 Å². The van der Waals surface area contributed by atoms with Crippen LogP contribution in [0.1, 0.15) is 11.1 Å². The second kappa shape index (κ2) is 4.83. The van der Waals surface area contributed by atoms with Gasteiger partial charge in [-0.1, -0.05) is 17.7 Å². The minimum absolute atomic E-state index is 0.0199. The first-order valence-electron chi connectivity index (χ1n) is 4.07. The van der Waals surface area contributed by atoms with Gasteiger partial charge in [0.1, 0.15) is 0 Å². The SMILES string of the molecule is CONCc1c(Cl)cccc1C(F)(F)F. The molecule has 0 bridgehead atoms. The van der Waals surface area contributed by atoms with Crippen LogP contribution in [0.4, 0.5) is 13.2 Å². The standard InChI is InChI=1S/C9H9ClF3NO/c1-15-14-5-6-7(9(11,12)13)3-2-4-8(6)10/h2-4,14H,5H2,1H3. The lowest BCUT2D eigenvalue weighted by Crippen LogP contribution is -2.16. The molecule has 0 radical (unpaired) electrons. The third-order valence-electron chi connectivity index (χ3n) is 1.82. The molecular formula is C9H9ClF3NO. The Kier molecular flexibility index (Phi) is 3.96. The number of hydrogen-bond donors (Lipinski definition) is 1. The maximum absolute atomic E-state index is 12.5. The molecule has 0 atom stereocenters. The molecule has 0 amide bonds. The van der Waals surface area contributed by atoms with E-state index in [-0.39, 0.29) is 17.1 Å². The molecule has 0 fully saturated rings.